The molecule has 2 fully saturated rings. The van der Waals surface area contributed by atoms with E-state index in [0.717, 1.165) is 44.7 Å². The Morgan fingerprint density at radius 1 is 1.35 bits per heavy atom. The zero-order valence-electron chi connectivity index (χ0n) is 12.0. The normalized spacial score (nSPS) is 23.1. The summed E-state index contributed by atoms with van der Waals surface area (Å²) < 4.78 is 4.66. The fourth-order valence-corrected chi connectivity index (χ4v) is 3.81. The monoisotopic (exact) mass is 278 g/mol. The molecule has 1 aromatic heterocycles. The van der Waals surface area contributed by atoms with Crippen molar-refractivity contribution >= 4 is 5.91 Å². The molecule has 1 aromatic rings. The van der Waals surface area contributed by atoms with E-state index >= 15 is 0 Å². The maximum Gasteiger partial charge on any atom is 0.219 e. The highest BCUT2D eigenvalue weighted by Crippen LogP contribution is 2.36. The number of amides is 1. The van der Waals surface area contributed by atoms with E-state index in [1.807, 2.05) is 0 Å². The number of carbonyl (C=O) groups excluding carboxylic acids is 1. The standard InChI is InChI=1S/C14H22N4O2/c1-12(19)18-8-7-17(10-13-9-15-20-16-13)11-14(18)5-3-2-4-6-14/h9H,2-8,10-11H2,1H3. The molecule has 0 radical (unpaired) electrons. The molecule has 1 amide bonds. The van der Waals surface area contributed by atoms with Crippen LogP contribution in [0.15, 0.2) is 10.8 Å². The highest BCUT2D eigenvalue weighted by Gasteiger charge is 2.43. The Morgan fingerprint density at radius 3 is 2.80 bits per heavy atom. The van der Waals surface area contributed by atoms with Crippen molar-refractivity contribution in [1.29, 1.82) is 0 Å². The molecule has 20 heavy (non-hydrogen) atoms. The number of carbonyl (C=O) groups is 1. The lowest BCUT2D eigenvalue weighted by Crippen LogP contribution is -2.63. The van der Waals surface area contributed by atoms with Crippen LogP contribution in [0.3, 0.4) is 0 Å². The van der Waals surface area contributed by atoms with E-state index in [-0.39, 0.29) is 11.4 Å². The maximum atomic E-state index is 12.0. The zero-order chi connectivity index (χ0) is 14.0. The van der Waals surface area contributed by atoms with E-state index in [1.54, 1.807) is 13.1 Å². The summed E-state index contributed by atoms with van der Waals surface area (Å²) in [6, 6.07) is 0. The first-order chi connectivity index (χ1) is 9.70. The lowest BCUT2D eigenvalue weighted by molar-refractivity contribution is -0.142. The highest BCUT2D eigenvalue weighted by molar-refractivity contribution is 5.74. The van der Waals surface area contributed by atoms with Crippen LogP contribution in [0.25, 0.3) is 0 Å². The molecule has 1 spiro atoms. The second-order valence-corrected chi connectivity index (χ2v) is 6.07. The van der Waals surface area contributed by atoms with Gasteiger partial charge >= 0.3 is 0 Å². The van der Waals surface area contributed by atoms with E-state index in [0.29, 0.717) is 0 Å². The summed E-state index contributed by atoms with van der Waals surface area (Å²) in [6.07, 6.45) is 7.66. The lowest BCUT2D eigenvalue weighted by atomic mass is 9.78. The first-order valence-corrected chi connectivity index (χ1v) is 7.47. The van der Waals surface area contributed by atoms with Crippen LogP contribution in [0.5, 0.6) is 0 Å². The molecule has 0 bridgehead atoms. The van der Waals surface area contributed by atoms with Gasteiger partial charge < -0.3 is 4.90 Å². The van der Waals surface area contributed by atoms with E-state index < -0.39 is 0 Å². The summed E-state index contributed by atoms with van der Waals surface area (Å²) in [5.74, 6) is 0.217. The molecule has 2 aliphatic rings. The number of aromatic nitrogens is 2. The van der Waals surface area contributed by atoms with Crippen molar-refractivity contribution in [3.8, 4) is 0 Å². The summed E-state index contributed by atoms with van der Waals surface area (Å²) >= 11 is 0. The van der Waals surface area contributed by atoms with Gasteiger partial charge in [0.05, 0.1) is 11.7 Å². The Labute approximate surface area is 119 Å². The minimum Gasteiger partial charge on any atom is -0.335 e. The number of hydrogen-bond donors (Lipinski definition) is 0. The number of rotatable bonds is 2. The van der Waals surface area contributed by atoms with Gasteiger partial charge in [-0.25, -0.2) is 4.63 Å². The second kappa shape index (κ2) is 5.52. The molecule has 1 saturated heterocycles. The Bertz CT molecular complexity index is 454. The predicted octanol–water partition coefficient (Wildman–Crippen LogP) is 1.44. The van der Waals surface area contributed by atoms with Crippen molar-refractivity contribution in [3.63, 3.8) is 0 Å². The van der Waals surface area contributed by atoms with Gasteiger partial charge in [0, 0.05) is 33.1 Å². The van der Waals surface area contributed by atoms with Crippen molar-refractivity contribution in [3.05, 3.63) is 11.9 Å². The molecule has 0 unspecified atom stereocenters. The molecule has 1 aliphatic heterocycles. The molecule has 0 atom stereocenters. The summed E-state index contributed by atoms with van der Waals surface area (Å²) in [5, 5.41) is 7.55. The molecule has 0 aromatic carbocycles. The fraction of sp³-hybridized carbons (Fsp3) is 0.786. The third kappa shape index (κ3) is 2.57. The van der Waals surface area contributed by atoms with Gasteiger partial charge in [-0.15, -0.1) is 0 Å². The Morgan fingerprint density at radius 2 is 2.15 bits per heavy atom. The predicted molar refractivity (Wildman–Crippen MR) is 72.8 cm³/mol. The first kappa shape index (κ1) is 13.5. The second-order valence-electron chi connectivity index (χ2n) is 6.07. The molecule has 110 valence electrons. The van der Waals surface area contributed by atoms with Crippen molar-refractivity contribution < 1.29 is 9.42 Å². The molecule has 1 saturated carbocycles. The van der Waals surface area contributed by atoms with E-state index in [9.17, 15) is 4.79 Å². The smallest absolute Gasteiger partial charge is 0.219 e. The van der Waals surface area contributed by atoms with E-state index in [4.69, 9.17) is 0 Å². The van der Waals surface area contributed by atoms with Gasteiger partial charge in [0.15, 0.2) is 0 Å². The van der Waals surface area contributed by atoms with Crippen LogP contribution in [0.2, 0.25) is 0 Å². The third-order valence-electron chi connectivity index (χ3n) is 4.69. The van der Waals surface area contributed by atoms with Gasteiger partial charge in [0.1, 0.15) is 5.69 Å². The first-order valence-electron chi connectivity index (χ1n) is 7.47. The highest BCUT2D eigenvalue weighted by atomic mass is 16.6. The van der Waals surface area contributed by atoms with Crippen LogP contribution < -0.4 is 0 Å². The van der Waals surface area contributed by atoms with Gasteiger partial charge in [-0.2, -0.15) is 0 Å². The van der Waals surface area contributed by atoms with Crippen LogP contribution in [0, 0.1) is 0 Å². The minimum atomic E-state index is 0.0412. The molecule has 1 aliphatic carbocycles. The molecule has 6 heteroatoms. The molecular weight excluding hydrogens is 256 g/mol. The Balaban J connectivity index is 1.74. The largest absolute Gasteiger partial charge is 0.335 e. The summed E-state index contributed by atoms with van der Waals surface area (Å²) in [7, 11) is 0. The number of hydrogen-bond acceptors (Lipinski definition) is 5. The van der Waals surface area contributed by atoms with Crippen LogP contribution in [-0.4, -0.2) is 51.2 Å². The molecule has 3 rings (SSSR count). The van der Waals surface area contributed by atoms with Crippen LogP contribution in [0.1, 0.15) is 44.7 Å². The summed E-state index contributed by atoms with van der Waals surface area (Å²) in [6.45, 7) is 5.12. The Hall–Kier alpha value is -1.43. The minimum absolute atomic E-state index is 0.0412. The van der Waals surface area contributed by atoms with Crippen molar-refractivity contribution in [2.24, 2.45) is 0 Å². The van der Waals surface area contributed by atoms with Crippen molar-refractivity contribution in [2.45, 2.75) is 51.1 Å². The van der Waals surface area contributed by atoms with E-state index in [1.165, 1.54) is 19.3 Å². The molecule has 0 N–H and O–H groups in total. The third-order valence-corrected chi connectivity index (χ3v) is 4.69. The van der Waals surface area contributed by atoms with Gasteiger partial charge in [-0.3, -0.25) is 9.69 Å². The van der Waals surface area contributed by atoms with Crippen LogP contribution >= 0.6 is 0 Å². The van der Waals surface area contributed by atoms with Gasteiger partial charge in [0.2, 0.25) is 5.91 Å². The average Bonchev–Trinajstić information content (AvgIpc) is 2.92. The van der Waals surface area contributed by atoms with Crippen molar-refractivity contribution in [1.82, 2.24) is 20.1 Å². The topological polar surface area (TPSA) is 62.5 Å². The van der Waals surface area contributed by atoms with Crippen LogP contribution in [-0.2, 0) is 11.3 Å². The van der Waals surface area contributed by atoms with Gasteiger partial charge in [-0.1, -0.05) is 29.6 Å². The number of piperazine rings is 1. The fourth-order valence-electron chi connectivity index (χ4n) is 3.81. The summed E-state index contributed by atoms with van der Waals surface area (Å²) in [4.78, 5) is 16.5. The molecule has 2 heterocycles. The average molecular weight is 278 g/mol. The molecule has 6 nitrogen and oxygen atoms in total. The SMILES string of the molecule is CC(=O)N1CCN(Cc2cnon2)CC12CCCCC2. The van der Waals surface area contributed by atoms with Crippen molar-refractivity contribution in [2.75, 3.05) is 19.6 Å². The maximum absolute atomic E-state index is 12.0. The molecular formula is C14H22N4O2. The van der Waals surface area contributed by atoms with Gasteiger partial charge in [0.25, 0.3) is 0 Å². The summed E-state index contributed by atoms with van der Waals surface area (Å²) in [5.41, 5.74) is 0.909. The van der Waals surface area contributed by atoms with Gasteiger partial charge in [-0.05, 0) is 12.8 Å². The quantitative estimate of drug-likeness (QED) is 0.819. The Kier molecular flexibility index (Phi) is 3.74. The van der Waals surface area contributed by atoms with Crippen LogP contribution in [0.4, 0.5) is 0 Å². The zero-order valence-corrected chi connectivity index (χ0v) is 12.0. The number of nitrogens with zero attached hydrogens (tertiary/aromatic N) is 4. The van der Waals surface area contributed by atoms with E-state index in [2.05, 4.69) is 24.7 Å². The lowest BCUT2D eigenvalue weighted by Gasteiger charge is -2.52.